The molecule has 28 heavy (non-hydrogen) atoms. The van der Waals surface area contributed by atoms with E-state index in [1.165, 1.54) is 12.1 Å². The van der Waals surface area contributed by atoms with Crippen molar-refractivity contribution in [2.24, 2.45) is 0 Å². The second kappa shape index (κ2) is 7.52. The first-order chi connectivity index (χ1) is 12.8. The van der Waals surface area contributed by atoms with Gasteiger partial charge in [0.15, 0.2) is 0 Å². The number of fused-ring (bicyclic) bond motifs is 1. The number of rotatable bonds is 2. The number of anilines is 2. The summed E-state index contributed by atoms with van der Waals surface area (Å²) in [7, 11) is -8.56. The molecule has 3 rings (SSSR count). The zero-order chi connectivity index (χ0) is 21.3. The van der Waals surface area contributed by atoms with Crippen molar-refractivity contribution in [3.05, 3.63) is 48.5 Å². The van der Waals surface area contributed by atoms with Crippen molar-refractivity contribution in [2.45, 2.75) is 9.79 Å². The smallest absolute Gasteiger partial charge is 0.294 e. The van der Waals surface area contributed by atoms with Crippen molar-refractivity contribution in [3.63, 3.8) is 0 Å². The molecule has 0 aliphatic carbocycles. The number of hydrogen-bond acceptors (Lipinski definition) is 8. The van der Waals surface area contributed by atoms with Crippen LogP contribution in [0.15, 0.2) is 58.3 Å². The van der Waals surface area contributed by atoms with Crippen molar-refractivity contribution < 1.29 is 36.2 Å². The largest absolute Gasteiger partial charge is 0.507 e. The lowest BCUT2D eigenvalue weighted by molar-refractivity contribution is 0.471. The van der Waals surface area contributed by atoms with Crippen LogP contribution < -0.4 is 11.5 Å². The molecule has 0 aliphatic heterocycles. The van der Waals surface area contributed by atoms with Gasteiger partial charge in [-0.05, 0) is 47.9 Å². The van der Waals surface area contributed by atoms with Crippen LogP contribution in [0.2, 0.25) is 0 Å². The minimum absolute atomic E-state index is 0.0925. The zero-order valence-electron chi connectivity index (χ0n) is 14.0. The molecular formula is C16H16N2O8S2. The second-order valence-corrected chi connectivity index (χ2v) is 8.44. The molecule has 0 saturated heterocycles. The maximum absolute atomic E-state index is 10.9. The van der Waals surface area contributed by atoms with Crippen molar-refractivity contribution in [1.29, 1.82) is 0 Å². The van der Waals surface area contributed by atoms with Crippen LogP contribution in [-0.4, -0.2) is 36.2 Å². The normalized spacial score (nSPS) is 11.6. The minimum atomic E-state index is -4.33. The van der Waals surface area contributed by atoms with Gasteiger partial charge in [0.1, 0.15) is 11.5 Å². The van der Waals surface area contributed by atoms with Gasteiger partial charge in [0, 0.05) is 17.1 Å². The third-order valence-corrected chi connectivity index (χ3v) is 5.20. The number of benzene rings is 3. The molecule has 0 spiro atoms. The summed E-state index contributed by atoms with van der Waals surface area (Å²) < 4.78 is 60.3. The van der Waals surface area contributed by atoms with E-state index in [4.69, 9.17) is 25.7 Å². The molecule has 0 unspecified atom stereocenters. The molecule has 0 atom stereocenters. The summed E-state index contributed by atoms with van der Waals surface area (Å²) in [5.74, 6) is -0.437. The molecule has 10 nitrogen and oxygen atoms in total. The number of aromatic hydroxyl groups is 2. The average molecular weight is 428 g/mol. The van der Waals surface area contributed by atoms with Crippen LogP contribution in [0.4, 0.5) is 11.4 Å². The second-order valence-electron chi connectivity index (χ2n) is 5.59. The van der Waals surface area contributed by atoms with E-state index in [1.54, 1.807) is 12.1 Å². The molecule has 0 radical (unpaired) electrons. The summed E-state index contributed by atoms with van der Waals surface area (Å²) >= 11 is 0. The number of nitrogen functional groups attached to an aromatic ring is 2. The lowest BCUT2D eigenvalue weighted by Gasteiger charge is -2.04. The Morgan fingerprint density at radius 3 is 1.82 bits per heavy atom. The van der Waals surface area contributed by atoms with Crippen LogP contribution in [-0.2, 0) is 20.2 Å². The number of phenolic OH excluding ortho intramolecular Hbond substituents is 2. The fraction of sp³-hybridized carbons (Fsp3) is 0. The first-order valence-corrected chi connectivity index (χ1v) is 10.2. The Balaban J connectivity index is 0.000000209. The minimum Gasteiger partial charge on any atom is -0.507 e. The fourth-order valence-corrected chi connectivity index (χ4v) is 3.24. The first-order valence-electron chi connectivity index (χ1n) is 7.35. The maximum Gasteiger partial charge on any atom is 0.294 e. The van der Waals surface area contributed by atoms with Gasteiger partial charge < -0.3 is 21.7 Å². The third kappa shape index (κ3) is 5.01. The highest BCUT2D eigenvalue weighted by atomic mass is 32.2. The van der Waals surface area contributed by atoms with Gasteiger partial charge in [-0.15, -0.1) is 0 Å². The molecule has 12 heteroatoms. The van der Waals surface area contributed by atoms with Gasteiger partial charge in [-0.3, -0.25) is 9.11 Å². The van der Waals surface area contributed by atoms with Crippen LogP contribution in [0.1, 0.15) is 0 Å². The van der Waals surface area contributed by atoms with E-state index in [2.05, 4.69) is 0 Å². The van der Waals surface area contributed by atoms with Gasteiger partial charge in [0.2, 0.25) is 0 Å². The van der Waals surface area contributed by atoms with E-state index < -0.39 is 20.2 Å². The highest BCUT2D eigenvalue weighted by molar-refractivity contribution is 7.86. The third-order valence-electron chi connectivity index (χ3n) is 3.52. The summed E-state index contributed by atoms with van der Waals surface area (Å²) in [6.45, 7) is 0. The maximum atomic E-state index is 10.9. The van der Waals surface area contributed by atoms with Crippen LogP contribution in [0, 0.1) is 0 Å². The van der Waals surface area contributed by atoms with Crippen LogP contribution in [0.5, 0.6) is 11.5 Å². The quantitative estimate of drug-likeness (QED) is 0.198. The van der Waals surface area contributed by atoms with Crippen molar-refractivity contribution >= 4 is 42.4 Å². The lowest BCUT2D eigenvalue weighted by atomic mass is 10.1. The first kappa shape index (κ1) is 21.2. The van der Waals surface area contributed by atoms with Gasteiger partial charge in [-0.2, -0.15) is 16.8 Å². The van der Waals surface area contributed by atoms with Crippen LogP contribution >= 0.6 is 0 Å². The van der Waals surface area contributed by atoms with Gasteiger partial charge in [0.05, 0.1) is 15.5 Å². The Morgan fingerprint density at radius 2 is 1.29 bits per heavy atom. The molecule has 0 amide bonds. The Labute approximate surface area is 160 Å². The Kier molecular flexibility index (Phi) is 5.70. The van der Waals surface area contributed by atoms with Crippen molar-refractivity contribution in [1.82, 2.24) is 0 Å². The number of nitrogens with two attached hydrogens (primary N) is 2. The van der Waals surface area contributed by atoms with E-state index >= 15 is 0 Å². The van der Waals surface area contributed by atoms with Crippen molar-refractivity contribution in [3.8, 4) is 11.5 Å². The van der Waals surface area contributed by atoms with Gasteiger partial charge in [-0.1, -0.05) is 0 Å². The summed E-state index contributed by atoms with van der Waals surface area (Å²) in [6, 6.07) is 10.1. The topological polar surface area (TPSA) is 201 Å². The Bertz CT molecular complexity index is 1260. The Hall–Kier alpha value is -3.06. The molecule has 0 heterocycles. The summed E-state index contributed by atoms with van der Waals surface area (Å²) in [5, 5.41) is 19.4. The predicted octanol–water partition coefficient (Wildman–Crippen LogP) is 1.60. The molecule has 3 aromatic carbocycles. The van der Waals surface area contributed by atoms with E-state index in [1.807, 2.05) is 0 Å². The lowest BCUT2D eigenvalue weighted by Crippen LogP contribution is -1.98. The molecule has 0 aromatic heterocycles. The molecule has 3 aromatic rings. The molecule has 0 saturated carbocycles. The number of phenols is 2. The van der Waals surface area contributed by atoms with Crippen LogP contribution in [0.25, 0.3) is 10.8 Å². The van der Waals surface area contributed by atoms with E-state index in [0.717, 1.165) is 24.3 Å². The standard InChI is InChI=1S/C10H9NO4S.C6H7NO4S/c11-7-1-2-9-6(3-7)4-8(5-10(9)12)16(13,14)15;7-5-3-4(12(9,10)11)1-2-6(5)8/h1-5,12H,11H2,(H,13,14,15);1-3,8H,7H2,(H,9,10,11). The summed E-state index contributed by atoms with van der Waals surface area (Å²) in [4.78, 5) is -0.694. The van der Waals surface area contributed by atoms with Crippen LogP contribution in [0.3, 0.4) is 0 Å². The SMILES string of the molecule is Nc1cc(S(=O)(=O)O)ccc1O.Nc1ccc2c(O)cc(S(=O)(=O)O)cc2c1. The Morgan fingerprint density at radius 1 is 0.679 bits per heavy atom. The van der Waals surface area contributed by atoms with E-state index in [9.17, 15) is 21.9 Å². The summed E-state index contributed by atoms with van der Waals surface area (Å²) in [6.07, 6.45) is 0. The highest BCUT2D eigenvalue weighted by Gasteiger charge is 2.13. The van der Waals surface area contributed by atoms with E-state index in [-0.39, 0.29) is 27.0 Å². The monoisotopic (exact) mass is 428 g/mol. The molecular weight excluding hydrogens is 412 g/mol. The molecule has 0 bridgehead atoms. The van der Waals surface area contributed by atoms with Gasteiger partial charge in [0.25, 0.3) is 20.2 Å². The molecule has 150 valence electrons. The van der Waals surface area contributed by atoms with Crippen molar-refractivity contribution in [2.75, 3.05) is 11.5 Å². The van der Waals surface area contributed by atoms with Gasteiger partial charge in [-0.25, -0.2) is 0 Å². The fourth-order valence-electron chi connectivity index (χ4n) is 2.18. The summed E-state index contributed by atoms with van der Waals surface area (Å²) in [5.41, 5.74) is 11.1. The zero-order valence-corrected chi connectivity index (χ0v) is 15.6. The van der Waals surface area contributed by atoms with E-state index in [0.29, 0.717) is 16.5 Å². The molecule has 8 N–H and O–H groups in total. The average Bonchev–Trinajstić information content (AvgIpc) is 2.55. The molecule has 0 aliphatic rings. The molecule has 0 fully saturated rings. The highest BCUT2D eigenvalue weighted by Crippen LogP contribution is 2.29. The van der Waals surface area contributed by atoms with Gasteiger partial charge >= 0.3 is 0 Å². The number of hydrogen-bond donors (Lipinski definition) is 6. The predicted molar refractivity (Wildman–Crippen MR) is 102 cm³/mol.